The van der Waals surface area contributed by atoms with Crippen molar-refractivity contribution in [2.45, 2.75) is 52.6 Å². The number of aliphatic carboxylic acids is 1. The normalized spacial score (nSPS) is 27.9. The molecule has 0 aromatic carbocycles. The molecule has 0 radical (unpaired) electrons. The fourth-order valence-electron chi connectivity index (χ4n) is 2.15. The van der Waals surface area contributed by atoms with Crippen LogP contribution in [0.5, 0.6) is 0 Å². The van der Waals surface area contributed by atoms with Gasteiger partial charge in [-0.25, -0.2) is 0 Å². The quantitative estimate of drug-likeness (QED) is 0.735. The molecule has 1 saturated carbocycles. The van der Waals surface area contributed by atoms with E-state index in [-0.39, 0.29) is 12.0 Å². The second kappa shape index (κ2) is 4.97. The average molecular weight is 213 g/mol. The molecule has 0 spiro atoms. The van der Waals surface area contributed by atoms with Gasteiger partial charge in [0.2, 0.25) is 0 Å². The summed E-state index contributed by atoms with van der Waals surface area (Å²) in [6.07, 6.45) is 2.27. The van der Waals surface area contributed by atoms with Crippen LogP contribution in [0.1, 0.15) is 40.5 Å². The third-order valence-corrected chi connectivity index (χ3v) is 3.47. The second-order valence-electron chi connectivity index (χ2n) is 5.40. The van der Waals surface area contributed by atoms with Crippen LogP contribution in [0.2, 0.25) is 0 Å². The summed E-state index contributed by atoms with van der Waals surface area (Å²) >= 11 is 0. The van der Waals surface area contributed by atoms with Crippen LogP contribution in [0.3, 0.4) is 0 Å². The molecule has 1 aliphatic rings. The zero-order chi connectivity index (χ0) is 11.6. The van der Waals surface area contributed by atoms with Gasteiger partial charge in [-0.05, 0) is 30.6 Å². The lowest BCUT2D eigenvalue weighted by Gasteiger charge is -2.40. The highest BCUT2D eigenvalue weighted by Crippen LogP contribution is 2.34. The Hall–Kier alpha value is -0.570. The van der Waals surface area contributed by atoms with Gasteiger partial charge in [0, 0.05) is 6.04 Å². The molecule has 0 aliphatic heterocycles. The van der Waals surface area contributed by atoms with E-state index in [4.69, 9.17) is 5.11 Å². The molecule has 15 heavy (non-hydrogen) atoms. The van der Waals surface area contributed by atoms with E-state index in [2.05, 4.69) is 19.2 Å². The van der Waals surface area contributed by atoms with Crippen molar-refractivity contribution >= 4 is 5.97 Å². The summed E-state index contributed by atoms with van der Waals surface area (Å²) in [5, 5.41) is 12.3. The highest BCUT2D eigenvalue weighted by atomic mass is 16.4. The highest BCUT2D eigenvalue weighted by molar-refractivity contribution is 5.73. The average Bonchev–Trinajstić information content (AvgIpc) is 1.98. The number of hydrogen-bond acceptors (Lipinski definition) is 2. The molecule has 1 unspecified atom stereocenters. The molecule has 1 aliphatic carbocycles. The summed E-state index contributed by atoms with van der Waals surface area (Å²) < 4.78 is 0. The van der Waals surface area contributed by atoms with E-state index in [0.29, 0.717) is 6.04 Å². The topological polar surface area (TPSA) is 49.3 Å². The predicted molar refractivity (Wildman–Crippen MR) is 60.7 cm³/mol. The molecular formula is C12H23NO2. The molecule has 0 amide bonds. The van der Waals surface area contributed by atoms with E-state index in [9.17, 15) is 4.79 Å². The minimum atomic E-state index is -0.724. The van der Waals surface area contributed by atoms with Crippen LogP contribution in [0, 0.1) is 17.8 Å². The molecule has 3 heteroatoms. The van der Waals surface area contributed by atoms with Crippen LogP contribution in [-0.2, 0) is 4.79 Å². The van der Waals surface area contributed by atoms with Crippen molar-refractivity contribution in [3.05, 3.63) is 0 Å². The molecule has 1 fully saturated rings. The van der Waals surface area contributed by atoms with Gasteiger partial charge in [-0.3, -0.25) is 4.79 Å². The van der Waals surface area contributed by atoms with Crippen molar-refractivity contribution in [2.24, 2.45) is 17.8 Å². The van der Waals surface area contributed by atoms with Crippen molar-refractivity contribution in [1.82, 2.24) is 5.32 Å². The van der Waals surface area contributed by atoms with Gasteiger partial charge in [-0.15, -0.1) is 0 Å². The second-order valence-corrected chi connectivity index (χ2v) is 5.40. The number of carbonyl (C=O) groups is 1. The SMILES string of the molecule is CC(C)C1CC(NC(C(=O)O)C(C)C)C1. The maximum absolute atomic E-state index is 11.0. The summed E-state index contributed by atoms with van der Waals surface area (Å²) in [6, 6.07) is 0.0315. The third-order valence-electron chi connectivity index (χ3n) is 3.47. The largest absolute Gasteiger partial charge is 0.480 e. The lowest BCUT2D eigenvalue weighted by atomic mass is 9.73. The fourth-order valence-corrected chi connectivity index (χ4v) is 2.15. The van der Waals surface area contributed by atoms with Gasteiger partial charge in [-0.1, -0.05) is 27.7 Å². The minimum Gasteiger partial charge on any atom is -0.480 e. The Bertz CT molecular complexity index is 220. The van der Waals surface area contributed by atoms with E-state index >= 15 is 0 Å². The first-order valence-corrected chi connectivity index (χ1v) is 5.90. The van der Waals surface area contributed by atoms with E-state index in [1.807, 2.05) is 13.8 Å². The van der Waals surface area contributed by atoms with Crippen LogP contribution in [0.25, 0.3) is 0 Å². The Morgan fingerprint density at radius 1 is 1.27 bits per heavy atom. The van der Waals surface area contributed by atoms with Gasteiger partial charge < -0.3 is 10.4 Å². The molecule has 0 aromatic heterocycles. The molecule has 2 N–H and O–H groups in total. The van der Waals surface area contributed by atoms with E-state index in [0.717, 1.165) is 24.7 Å². The van der Waals surface area contributed by atoms with Crippen molar-refractivity contribution < 1.29 is 9.90 Å². The van der Waals surface area contributed by atoms with E-state index in [1.54, 1.807) is 0 Å². The molecule has 0 saturated heterocycles. The fraction of sp³-hybridized carbons (Fsp3) is 0.917. The first-order chi connectivity index (χ1) is 6.91. The molecule has 1 rings (SSSR count). The molecule has 3 nitrogen and oxygen atoms in total. The summed E-state index contributed by atoms with van der Waals surface area (Å²) in [5.41, 5.74) is 0. The summed E-state index contributed by atoms with van der Waals surface area (Å²) in [4.78, 5) is 11.0. The van der Waals surface area contributed by atoms with Gasteiger partial charge in [0.15, 0.2) is 0 Å². The highest BCUT2D eigenvalue weighted by Gasteiger charge is 2.34. The first-order valence-electron chi connectivity index (χ1n) is 5.90. The van der Waals surface area contributed by atoms with Gasteiger partial charge in [0.05, 0.1) is 0 Å². The monoisotopic (exact) mass is 213 g/mol. The lowest BCUT2D eigenvalue weighted by Crippen LogP contribution is -2.52. The third kappa shape index (κ3) is 3.20. The van der Waals surface area contributed by atoms with Gasteiger partial charge >= 0.3 is 5.97 Å². The molecule has 1 atom stereocenters. The van der Waals surface area contributed by atoms with Gasteiger partial charge in [0.1, 0.15) is 6.04 Å². The maximum atomic E-state index is 11.0. The van der Waals surface area contributed by atoms with Gasteiger partial charge in [-0.2, -0.15) is 0 Å². The van der Waals surface area contributed by atoms with Crippen LogP contribution in [0.15, 0.2) is 0 Å². The zero-order valence-corrected chi connectivity index (χ0v) is 10.2. The van der Waals surface area contributed by atoms with Crippen LogP contribution >= 0.6 is 0 Å². The van der Waals surface area contributed by atoms with Crippen LogP contribution in [0.4, 0.5) is 0 Å². The minimum absolute atomic E-state index is 0.153. The molecule has 0 bridgehead atoms. The Balaban J connectivity index is 2.33. The van der Waals surface area contributed by atoms with Crippen LogP contribution < -0.4 is 5.32 Å². The standard InChI is InChI=1S/C12H23NO2/c1-7(2)9-5-10(6-9)13-11(8(3)4)12(14)15/h7-11,13H,5-6H2,1-4H3,(H,14,15). The number of carboxylic acid groups (broad SMARTS) is 1. The van der Waals surface area contributed by atoms with E-state index in [1.165, 1.54) is 0 Å². The van der Waals surface area contributed by atoms with Crippen molar-refractivity contribution in [3.8, 4) is 0 Å². The number of rotatable bonds is 5. The Morgan fingerprint density at radius 2 is 1.80 bits per heavy atom. The van der Waals surface area contributed by atoms with Crippen molar-refractivity contribution in [3.63, 3.8) is 0 Å². The van der Waals surface area contributed by atoms with Crippen molar-refractivity contribution in [2.75, 3.05) is 0 Å². The summed E-state index contributed by atoms with van der Waals surface area (Å²) in [6.45, 7) is 8.37. The Labute approximate surface area is 92.3 Å². The molecule has 88 valence electrons. The molecule has 0 heterocycles. The van der Waals surface area contributed by atoms with Crippen LogP contribution in [-0.4, -0.2) is 23.2 Å². The lowest BCUT2D eigenvalue weighted by molar-refractivity contribution is -0.141. The summed E-state index contributed by atoms with van der Waals surface area (Å²) in [5.74, 6) is 0.938. The number of nitrogens with one attached hydrogen (secondary N) is 1. The van der Waals surface area contributed by atoms with E-state index < -0.39 is 5.97 Å². The number of hydrogen-bond donors (Lipinski definition) is 2. The molecular weight excluding hydrogens is 190 g/mol. The Morgan fingerprint density at radius 3 is 2.13 bits per heavy atom. The molecule has 0 aromatic rings. The smallest absolute Gasteiger partial charge is 0.320 e. The van der Waals surface area contributed by atoms with Crippen molar-refractivity contribution in [1.29, 1.82) is 0 Å². The Kier molecular flexibility index (Phi) is 4.14. The van der Waals surface area contributed by atoms with Gasteiger partial charge in [0.25, 0.3) is 0 Å². The maximum Gasteiger partial charge on any atom is 0.320 e. The number of carboxylic acids is 1. The first kappa shape index (κ1) is 12.5. The summed E-state index contributed by atoms with van der Waals surface area (Å²) in [7, 11) is 0. The zero-order valence-electron chi connectivity index (χ0n) is 10.2. The predicted octanol–water partition coefficient (Wildman–Crippen LogP) is 2.12.